The number of hydrogen-bond acceptors (Lipinski definition) is 5. The number of carbonyl (C=O) groups excluding carboxylic acids is 1. The van der Waals surface area contributed by atoms with Crippen molar-refractivity contribution in [1.29, 1.82) is 0 Å². The summed E-state index contributed by atoms with van der Waals surface area (Å²) in [5, 5.41) is 7.97. The van der Waals surface area contributed by atoms with Gasteiger partial charge in [-0.2, -0.15) is 5.10 Å². The average Bonchev–Trinajstić information content (AvgIpc) is 3.39. The second-order valence-corrected chi connectivity index (χ2v) is 14.8. The maximum absolute atomic E-state index is 13.3. The van der Waals surface area contributed by atoms with E-state index in [1.807, 2.05) is 0 Å². The van der Waals surface area contributed by atoms with Gasteiger partial charge in [0.25, 0.3) is 0 Å². The van der Waals surface area contributed by atoms with Crippen molar-refractivity contribution in [2.45, 2.75) is 45.0 Å². The molecule has 1 aliphatic rings. The molecule has 2 aromatic heterocycles. The van der Waals surface area contributed by atoms with E-state index in [9.17, 15) is 9.18 Å². The van der Waals surface area contributed by atoms with Crippen LogP contribution < -0.4 is 10.1 Å². The predicted octanol–water partition coefficient (Wildman–Crippen LogP) is 4.72. The molecule has 2 atom stereocenters. The highest BCUT2D eigenvalue weighted by Crippen LogP contribution is 2.36. The molecule has 1 amide bonds. The van der Waals surface area contributed by atoms with Crippen LogP contribution in [0.4, 0.5) is 10.2 Å². The molecular formula is C23H29FN4O3Si. The van der Waals surface area contributed by atoms with Crippen molar-refractivity contribution in [3.63, 3.8) is 0 Å². The molecule has 0 saturated heterocycles. The lowest BCUT2D eigenvalue weighted by molar-refractivity contribution is -0.117. The van der Waals surface area contributed by atoms with Crippen LogP contribution in [0.2, 0.25) is 25.7 Å². The Hall–Kier alpha value is -2.78. The predicted molar refractivity (Wildman–Crippen MR) is 125 cm³/mol. The second-order valence-electron chi connectivity index (χ2n) is 9.21. The highest BCUT2D eigenvalue weighted by Gasteiger charge is 2.43. The number of alkyl halides is 1. The maximum atomic E-state index is 13.3. The van der Waals surface area contributed by atoms with Gasteiger partial charge >= 0.3 is 0 Å². The van der Waals surface area contributed by atoms with Crippen LogP contribution in [0.25, 0.3) is 22.3 Å². The first kappa shape index (κ1) is 18.8. The summed E-state index contributed by atoms with van der Waals surface area (Å²) in [6.07, 6.45) is -0.883. The highest BCUT2D eigenvalue weighted by atomic mass is 28.3. The average molecular weight is 460 g/mol. The Morgan fingerprint density at radius 2 is 2.09 bits per heavy atom. The Labute approximate surface area is 192 Å². The Bertz CT molecular complexity index is 1230. The minimum absolute atomic E-state index is 0.128. The molecule has 1 aliphatic carbocycles. The summed E-state index contributed by atoms with van der Waals surface area (Å²) in [7, 11) is -3.91. The minimum Gasteiger partial charge on any atom is -0.496 e. The fourth-order valence-corrected chi connectivity index (χ4v) is 4.10. The van der Waals surface area contributed by atoms with Crippen LogP contribution in [0.1, 0.15) is 10.5 Å². The Balaban J connectivity index is 1.69. The van der Waals surface area contributed by atoms with Gasteiger partial charge < -0.3 is 14.8 Å². The number of pyridine rings is 1. The van der Waals surface area contributed by atoms with Crippen LogP contribution in [-0.2, 0) is 16.3 Å². The molecule has 1 aromatic carbocycles. The third-order valence-electron chi connectivity index (χ3n) is 5.36. The molecule has 4 rings (SSSR count). The van der Waals surface area contributed by atoms with E-state index in [4.69, 9.17) is 13.6 Å². The lowest BCUT2D eigenvalue weighted by Gasteiger charge is -2.15. The first-order valence-electron chi connectivity index (χ1n) is 12.1. The first-order chi connectivity index (χ1) is 16.4. The van der Waals surface area contributed by atoms with Gasteiger partial charge in [0.2, 0.25) is 5.91 Å². The van der Waals surface area contributed by atoms with Gasteiger partial charge in [-0.15, -0.1) is 0 Å². The third kappa shape index (κ3) is 4.99. The molecule has 9 heteroatoms. The normalized spacial score (nSPS) is 19.8. The van der Waals surface area contributed by atoms with Gasteiger partial charge in [0.15, 0.2) is 5.65 Å². The number of anilines is 1. The molecule has 0 bridgehead atoms. The molecule has 7 nitrogen and oxygen atoms in total. The summed E-state index contributed by atoms with van der Waals surface area (Å²) < 4.78 is 48.4. The van der Waals surface area contributed by atoms with Crippen LogP contribution in [0, 0.1) is 5.92 Å². The van der Waals surface area contributed by atoms with Crippen molar-refractivity contribution in [1.82, 2.24) is 14.8 Å². The van der Waals surface area contributed by atoms with Gasteiger partial charge in [-0.1, -0.05) is 31.8 Å². The van der Waals surface area contributed by atoms with Crippen LogP contribution in [0.5, 0.6) is 5.75 Å². The molecular weight excluding hydrogens is 427 g/mol. The number of rotatable bonds is 9. The van der Waals surface area contributed by atoms with E-state index in [0.717, 1.165) is 6.04 Å². The molecule has 1 saturated carbocycles. The van der Waals surface area contributed by atoms with Crippen molar-refractivity contribution >= 4 is 30.8 Å². The summed E-state index contributed by atoms with van der Waals surface area (Å²) in [6, 6.07) is 11.1. The number of carbonyl (C=O) groups is 1. The summed E-state index contributed by atoms with van der Waals surface area (Å²) in [6.45, 7) is 7.48. The Morgan fingerprint density at radius 3 is 2.81 bits per heavy atom. The van der Waals surface area contributed by atoms with Gasteiger partial charge in [0.05, 0.1) is 17.1 Å². The minimum atomic E-state index is -2.62. The zero-order chi connectivity index (χ0) is 25.4. The number of amides is 1. The van der Waals surface area contributed by atoms with Gasteiger partial charge in [-0.05, 0) is 36.7 Å². The van der Waals surface area contributed by atoms with Gasteiger partial charge in [-0.3, -0.25) is 4.79 Å². The highest BCUT2D eigenvalue weighted by molar-refractivity contribution is 6.76. The molecule has 1 fully saturated rings. The van der Waals surface area contributed by atoms with Crippen molar-refractivity contribution in [2.75, 3.05) is 19.0 Å². The standard InChI is InChI=1S/C23H29FN4O3Si/c1-30-19-8-6-5-7-15(19)21-16-9-10-20(26-23(29)17-13-18(17)24)25-22(16)28(27-21)14-31-11-12-32(2,3)4/h5-10,17-18H,11-14H2,1-4H3,(H,25,26,29)/t17-,18+/m1/s1/i1D3. The number of nitrogens with zero attached hydrogens (tertiary/aromatic N) is 3. The third-order valence-corrected chi connectivity index (χ3v) is 7.06. The fraction of sp³-hybridized carbons (Fsp3) is 0.435. The van der Waals surface area contributed by atoms with Crippen molar-refractivity contribution in [3.8, 4) is 17.0 Å². The maximum Gasteiger partial charge on any atom is 0.231 e. The largest absolute Gasteiger partial charge is 0.496 e. The number of methoxy groups -OCH3 is 1. The van der Waals surface area contributed by atoms with E-state index < -0.39 is 33.1 Å². The zero-order valence-electron chi connectivity index (χ0n) is 21.4. The fourth-order valence-electron chi connectivity index (χ4n) is 3.35. The molecule has 32 heavy (non-hydrogen) atoms. The number of benzene rings is 1. The Kier molecular flexibility index (Phi) is 5.27. The number of halogens is 1. The number of para-hydroxylation sites is 1. The molecule has 0 aliphatic heterocycles. The van der Waals surface area contributed by atoms with Crippen LogP contribution >= 0.6 is 0 Å². The number of fused-ring (bicyclic) bond motifs is 1. The molecule has 1 N–H and O–H groups in total. The number of ether oxygens (including phenoxy) is 2. The molecule has 0 radical (unpaired) electrons. The SMILES string of the molecule is [2H]C([2H])([2H])Oc1ccccc1-c1nn(COCC[Si](C)(C)C)c2nc(NC(=O)[C@@H]3C[C@@H]3F)ccc12. The van der Waals surface area contributed by atoms with Gasteiger partial charge in [-0.25, -0.2) is 14.1 Å². The van der Waals surface area contributed by atoms with Crippen molar-refractivity contribution < 1.29 is 22.8 Å². The molecule has 0 spiro atoms. The number of aromatic nitrogens is 3. The van der Waals surface area contributed by atoms with Gasteiger partial charge in [0, 0.05) is 25.6 Å². The van der Waals surface area contributed by atoms with E-state index in [0.29, 0.717) is 28.9 Å². The molecule has 170 valence electrons. The summed E-state index contributed by atoms with van der Waals surface area (Å²) in [4.78, 5) is 16.8. The summed E-state index contributed by atoms with van der Waals surface area (Å²) in [5.74, 6) is -0.595. The van der Waals surface area contributed by atoms with Crippen molar-refractivity contribution in [3.05, 3.63) is 36.4 Å². The molecule has 0 unspecified atom stereocenters. The van der Waals surface area contributed by atoms with Gasteiger partial charge in [0.1, 0.15) is 30.2 Å². The molecule has 2 heterocycles. The van der Waals surface area contributed by atoms with E-state index >= 15 is 0 Å². The molecule has 3 aromatic rings. The van der Waals surface area contributed by atoms with E-state index in [2.05, 4.69) is 35.0 Å². The van der Waals surface area contributed by atoms with Crippen LogP contribution in [0.15, 0.2) is 36.4 Å². The number of nitrogens with one attached hydrogen (secondary N) is 1. The van der Waals surface area contributed by atoms with Crippen LogP contribution in [0.3, 0.4) is 0 Å². The lowest BCUT2D eigenvalue weighted by atomic mass is 10.1. The van der Waals surface area contributed by atoms with Crippen LogP contribution in [-0.4, -0.2) is 48.6 Å². The van der Waals surface area contributed by atoms with E-state index in [-0.39, 0.29) is 24.7 Å². The van der Waals surface area contributed by atoms with Crippen molar-refractivity contribution in [2.24, 2.45) is 5.92 Å². The summed E-state index contributed by atoms with van der Waals surface area (Å²) >= 11 is 0. The lowest BCUT2D eigenvalue weighted by Crippen LogP contribution is -2.22. The number of hydrogen-bond donors (Lipinski definition) is 1. The summed E-state index contributed by atoms with van der Waals surface area (Å²) in [5.41, 5.74) is 1.42. The quantitative estimate of drug-likeness (QED) is 0.370. The topological polar surface area (TPSA) is 78.3 Å². The van der Waals surface area contributed by atoms with E-state index in [1.165, 1.54) is 0 Å². The van der Waals surface area contributed by atoms with E-state index in [1.54, 1.807) is 41.1 Å². The zero-order valence-corrected chi connectivity index (χ0v) is 19.4. The smallest absolute Gasteiger partial charge is 0.231 e. The first-order valence-corrected chi connectivity index (χ1v) is 14.3. The Morgan fingerprint density at radius 1 is 1.31 bits per heavy atom. The second kappa shape index (κ2) is 8.99. The monoisotopic (exact) mass is 459 g/mol.